The third-order valence-electron chi connectivity index (χ3n) is 8.71. The predicted octanol–water partition coefficient (Wildman–Crippen LogP) is 3.66. The summed E-state index contributed by atoms with van der Waals surface area (Å²) in [5.41, 5.74) is -1.18. The fourth-order valence-corrected chi connectivity index (χ4v) is 6.74. The van der Waals surface area contributed by atoms with Crippen molar-refractivity contribution in [2.45, 2.75) is 117 Å². The minimum Gasteiger partial charge on any atom is -0.458 e. The number of ether oxygens (including phenoxy) is 1. The molecule has 4 rings (SSSR count). The molecule has 3 amide bonds. The highest BCUT2D eigenvalue weighted by atomic mass is 16.6. The molecule has 5 atom stereocenters. The van der Waals surface area contributed by atoms with Crippen LogP contribution in [0.25, 0.3) is 0 Å². The average Bonchev–Trinajstić information content (AvgIpc) is 3.50. The maximum Gasteiger partial charge on any atom is 0.329 e. The van der Waals surface area contributed by atoms with E-state index < -0.39 is 41.0 Å². The van der Waals surface area contributed by atoms with Crippen molar-refractivity contribution < 1.29 is 23.9 Å². The molecule has 2 saturated carbocycles. The van der Waals surface area contributed by atoms with Gasteiger partial charge in [-0.1, -0.05) is 46.5 Å². The summed E-state index contributed by atoms with van der Waals surface area (Å²) < 4.78 is 5.78. The van der Waals surface area contributed by atoms with Crippen molar-refractivity contribution in [3.63, 3.8) is 0 Å². The Morgan fingerprint density at radius 3 is 2.24 bits per heavy atom. The summed E-state index contributed by atoms with van der Waals surface area (Å²) in [7, 11) is 0. The van der Waals surface area contributed by atoms with Crippen LogP contribution in [0.1, 0.15) is 103 Å². The van der Waals surface area contributed by atoms with Crippen molar-refractivity contribution in [2.75, 3.05) is 6.54 Å². The second kappa shape index (κ2) is 12.4. The molecule has 10 nitrogen and oxygen atoms in total. The fraction of sp³-hybridized carbons (Fsp3) is 0.742. The quantitative estimate of drug-likeness (QED) is 0.479. The van der Waals surface area contributed by atoms with Crippen LogP contribution in [-0.4, -0.2) is 68.8 Å². The topological polar surface area (TPSA) is 131 Å². The van der Waals surface area contributed by atoms with Crippen LogP contribution in [0.3, 0.4) is 0 Å². The van der Waals surface area contributed by atoms with Crippen molar-refractivity contribution in [3.8, 4) is 0 Å². The van der Waals surface area contributed by atoms with Gasteiger partial charge in [0, 0.05) is 18.9 Å². The smallest absolute Gasteiger partial charge is 0.329 e. The van der Waals surface area contributed by atoms with Gasteiger partial charge in [0.25, 0.3) is 5.91 Å². The molecule has 1 aromatic heterocycles. The van der Waals surface area contributed by atoms with E-state index in [4.69, 9.17) is 4.74 Å². The third kappa shape index (κ3) is 7.43. The monoisotopic (exact) mass is 569 g/mol. The number of nitrogens with one attached hydrogen (secondary N) is 2. The number of likely N-dealkylation sites (tertiary alicyclic amines) is 1. The molecule has 3 fully saturated rings. The maximum atomic E-state index is 14.3. The Bertz CT molecular complexity index is 1110. The number of esters is 1. The van der Waals surface area contributed by atoms with Crippen LogP contribution >= 0.6 is 0 Å². The molecule has 2 heterocycles. The summed E-state index contributed by atoms with van der Waals surface area (Å²) in [5.74, 6) is -1.27. The average molecular weight is 570 g/mol. The minimum atomic E-state index is -0.890. The van der Waals surface area contributed by atoms with Gasteiger partial charge in [-0.05, 0) is 69.6 Å². The van der Waals surface area contributed by atoms with E-state index >= 15 is 0 Å². The van der Waals surface area contributed by atoms with Gasteiger partial charge in [-0.2, -0.15) is 0 Å². The van der Waals surface area contributed by atoms with Gasteiger partial charge in [-0.15, -0.1) is 0 Å². The predicted molar refractivity (Wildman–Crippen MR) is 153 cm³/mol. The van der Waals surface area contributed by atoms with E-state index in [1.807, 2.05) is 41.5 Å². The number of amides is 3. The summed E-state index contributed by atoms with van der Waals surface area (Å²) >= 11 is 0. The number of nitrogens with zero attached hydrogens (tertiary/aromatic N) is 3. The summed E-state index contributed by atoms with van der Waals surface area (Å²) in [6, 6.07) is -2.37. The molecule has 10 heteroatoms. The van der Waals surface area contributed by atoms with E-state index in [0.717, 1.165) is 51.4 Å². The molecule has 0 unspecified atom stereocenters. The Morgan fingerprint density at radius 1 is 0.927 bits per heavy atom. The zero-order valence-electron chi connectivity index (χ0n) is 25.4. The Hall–Kier alpha value is -3.04. The van der Waals surface area contributed by atoms with Gasteiger partial charge in [0.1, 0.15) is 29.4 Å². The van der Waals surface area contributed by atoms with Crippen LogP contribution in [0.5, 0.6) is 0 Å². The van der Waals surface area contributed by atoms with E-state index in [-0.39, 0.29) is 35.3 Å². The van der Waals surface area contributed by atoms with E-state index in [9.17, 15) is 19.2 Å². The Balaban J connectivity index is 1.58. The number of carbonyl (C=O) groups excluding carboxylic acids is 4. The first-order valence-electron chi connectivity index (χ1n) is 15.2. The fourth-order valence-electron chi connectivity index (χ4n) is 6.74. The van der Waals surface area contributed by atoms with Crippen LogP contribution in [0.15, 0.2) is 18.6 Å². The summed E-state index contributed by atoms with van der Waals surface area (Å²) in [6.45, 7) is 11.7. The lowest BCUT2D eigenvalue weighted by Crippen LogP contribution is -2.61. The lowest BCUT2D eigenvalue weighted by molar-refractivity contribution is -0.165. The second-order valence-electron chi connectivity index (χ2n) is 14.1. The largest absolute Gasteiger partial charge is 0.458 e. The van der Waals surface area contributed by atoms with Crippen LogP contribution in [0, 0.1) is 23.2 Å². The van der Waals surface area contributed by atoms with E-state index in [0.29, 0.717) is 6.54 Å². The lowest BCUT2D eigenvalue weighted by Gasteiger charge is -2.38. The number of hydrogen-bond donors (Lipinski definition) is 2. The molecule has 1 saturated heterocycles. The van der Waals surface area contributed by atoms with Gasteiger partial charge in [-0.25, -0.2) is 9.78 Å². The standard InChI is InChI=1S/C31H47N5O5/c1-30(2,3)25(28(39)36-18-20-13-10-14-21(20)24(36)29(40)41-31(4,5)6)35-27(38)23(19-11-8-7-9-12-19)34-26(37)22-17-32-15-16-33-22/h15-17,19-21,23-25H,7-14,18H2,1-6H3,(H,34,37)(H,35,38)/t20-,21-,23+,24-,25+/m0/s1. The van der Waals surface area contributed by atoms with Crippen LogP contribution < -0.4 is 10.6 Å². The van der Waals surface area contributed by atoms with Crippen molar-refractivity contribution >= 4 is 23.7 Å². The molecular weight excluding hydrogens is 522 g/mol. The molecule has 2 aliphatic carbocycles. The highest BCUT2D eigenvalue weighted by Crippen LogP contribution is 2.43. The SMILES string of the molecule is CC(C)(C)OC(=O)[C@@H]1[C@H]2CCC[C@H]2CN1C(=O)[C@@H](NC(=O)[C@H](NC(=O)c1cnccn1)C1CCCCC1)C(C)(C)C. The molecule has 41 heavy (non-hydrogen) atoms. The Morgan fingerprint density at radius 2 is 1.63 bits per heavy atom. The zero-order valence-corrected chi connectivity index (χ0v) is 25.4. The summed E-state index contributed by atoms with van der Waals surface area (Å²) in [4.78, 5) is 64.4. The van der Waals surface area contributed by atoms with Gasteiger partial charge >= 0.3 is 5.97 Å². The highest BCUT2D eigenvalue weighted by Gasteiger charge is 2.53. The van der Waals surface area contributed by atoms with Gasteiger partial charge in [-0.3, -0.25) is 19.4 Å². The van der Waals surface area contributed by atoms with Crippen molar-refractivity contribution in [2.24, 2.45) is 23.2 Å². The number of hydrogen-bond acceptors (Lipinski definition) is 7. The molecule has 1 aliphatic heterocycles. The first-order chi connectivity index (χ1) is 19.3. The maximum absolute atomic E-state index is 14.3. The Labute approximate surface area is 243 Å². The van der Waals surface area contributed by atoms with Gasteiger partial charge in [0.2, 0.25) is 11.8 Å². The van der Waals surface area contributed by atoms with E-state index in [1.54, 1.807) is 4.90 Å². The minimum absolute atomic E-state index is 0.0549. The molecular formula is C31H47N5O5. The van der Waals surface area contributed by atoms with Crippen molar-refractivity contribution in [1.29, 1.82) is 0 Å². The van der Waals surface area contributed by atoms with Crippen LogP contribution in [-0.2, 0) is 19.1 Å². The van der Waals surface area contributed by atoms with Gasteiger partial charge in [0.05, 0.1) is 6.20 Å². The first-order valence-corrected chi connectivity index (χ1v) is 15.2. The molecule has 0 bridgehead atoms. The molecule has 0 aromatic carbocycles. The lowest BCUT2D eigenvalue weighted by atomic mass is 9.82. The number of rotatable bonds is 7. The molecule has 3 aliphatic rings. The molecule has 2 N–H and O–H groups in total. The van der Waals surface area contributed by atoms with Crippen molar-refractivity contribution in [1.82, 2.24) is 25.5 Å². The van der Waals surface area contributed by atoms with E-state index in [2.05, 4.69) is 20.6 Å². The highest BCUT2D eigenvalue weighted by molar-refractivity contribution is 5.98. The van der Waals surface area contributed by atoms with Gasteiger partial charge < -0.3 is 20.3 Å². The molecule has 0 spiro atoms. The number of carbonyl (C=O) groups is 4. The van der Waals surface area contributed by atoms with Crippen molar-refractivity contribution in [3.05, 3.63) is 24.3 Å². The first kappa shape index (κ1) is 30.9. The zero-order chi connectivity index (χ0) is 29.9. The summed E-state index contributed by atoms with van der Waals surface area (Å²) in [6.07, 6.45) is 11.8. The summed E-state index contributed by atoms with van der Waals surface area (Å²) in [5, 5.41) is 5.93. The molecule has 0 radical (unpaired) electrons. The second-order valence-corrected chi connectivity index (χ2v) is 14.1. The normalized spacial score (nSPS) is 24.7. The van der Waals surface area contributed by atoms with E-state index in [1.165, 1.54) is 18.6 Å². The number of fused-ring (bicyclic) bond motifs is 1. The Kier molecular flexibility index (Phi) is 9.39. The number of aromatic nitrogens is 2. The molecule has 1 aromatic rings. The van der Waals surface area contributed by atoms with Crippen LogP contribution in [0.4, 0.5) is 0 Å². The van der Waals surface area contributed by atoms with Crippen LogP contribution in [0.2, 0.25) is 0 Å². The third-order valence-corrected chi connectivity index (χ3v) is 8.71. The molecule has 226 valence electrons. The van der Waals surface area contributed by atoms with Gasteiger partial charge in [0.15, 0.2) is 0 Å².